The number of H-pyrrole nitrogens is 1. The number of aromatic amines is 1. The summed E-state index contributed by atoms with van der Waals surface area (Å²) in [5.74, 6) is 0. The van der Waals surface area contributed by atoms with Crippen molar-refractivity contribution in [3.8, 4) is 11.1 Å². The second-order valence-corrected chi connectivity index (χ2v) is 8.27. The Kier molecular flexibility index (Phi) is 4.75. The predicted molar refractivity (Wildman–Crippen MR) is 106 cm³/mol. The van der Waals surface area contributed by atoms with E-state index in [2.05, 4.69) is 14.9 Å². The lowest BCUT2D eigenvalue weighted by molar-refractivity contribution is -0.137. The lowest BCUT2D eigenvalue weighted by Crippen LogP contribution is -2.34. The molecule has 1 aromatic carbocycles. The van der Waals surface area contributed by atoms with Crippen LogP contribution >= 0.6 is 23.2 Å². The molecule has 2 aliphatic heterocycles. The van der Waals surface area contributed by atoms with E-state index < -0.39 is 11.7 Å². The average Bonchev–Trinajstić information content (AvgIpc) is 3.42. The van der Waals surface area contributed by atoms with Crippen molar-refractivity contribution in [3.63, 3.8) is 0 Å². The van der Waals surface area contributed by atoms with Crippen LogP contribution in [0.25, 0.3) is 22.0 Å². The van der Waals surface area contributed by atoms with Crippen LogP contribution in [0.5, 0.6) is 0 Å². The summed E-state index contributed by atoms with van der Waals surface area (Å²) in [6.45, 7) is 1.20. The smallest absolute Gasteiger partial charge is 0.394 e. The van der Waals surface area contributed by atoms with Crippen LogP contribution in [-0.2, 0) is 23.9 Å². The van der Waals surface area contributed by atoms with Crippen LogP contribution in [0.4, 0.5) is 13.2 Å². The first-order chi connectivity index (χ1) is 14.3. The molecule has 1 saturated heterocycles. The Hall–Kier alpha value is -1.84. The summed E-state index contributed by atoms with van der Waals surface area (Å²) in [4.78, 5) is 9.21. The van der Waals surface area contributed by atoms with E-state index in [-0.39, 0.29) is 24.0 Å². The molecule has 2 aromatic heterocycles. The molecule has 2 aliphatic rings. The van der Waals surface area contributed by atoms with Crippen molar-refractivity contribution in [1.29, 1.82) is 0 Å². The standard InChI is InChI=1S/C20H16Cl2F3N3O2/c21-13-4-11(9-3-10(6-26-5-9)20(23,24)25)16-12-7-28(19-15(8-29)30-19)2-1-14(12)27-18(16)17(13)22/h3-6,15,19,27,29H,1-2,7-8H2. The molecule has 2 atom stereocenters. The Balaban J connectivity index is 1.67. The largest absolute Gasteiger partial charge is 0.417 e. The summed E-state index contributed by atoms with van der Waals surface area (Å²) in [6.07, 6.45) is -1.99. The summed E-state index contributed by atoms with van der Waals surface area (Å²) in [5.41, 5.74) is 2.51. The summed E-state index contributed by atoms with van der Waals surface area (Å²) < 4.78 is 45.2. The van der Waals surface area contributed by atoms with Gasteiger partial charge in [-0.3, -0.25) is 9.88 Å². The third-order valence-electron chi connectivity index (χ3n) is 5.64. The van der Waals surface area contributed by atoms with Crippen LogP contribution < -0.4 is 0 Å². The number of nitrogens with zero attached hydrogens (tertiary/aromatic N) is 2. The van der Waals surface area contributed by atoms with Gasteiger partial charge in [-0.2, -0.15) is 13.2 Å². The van der Waals surface area contributed by atoms with E-state index in [1.54, 1.807) is 6.07 Å². The normalized spacial score (nSPS) is 21.8. The molecule has 0 spiro atoms. The number of fused-ring (bicyclic) bond motifs is 3. The van der Waals surface area contributed by atoms with E-state index in [1.807, 2.05) is 0 Å². The molecule has 2 N–H and O–H groups in total. The molecule has 5 nitrogen and oxygen atoms in total. The van der Waals surface area contributed by atoms with Gasteiger partial charge in [0, 0.05) is 48.5 Å². The van der Waals surface area contributed by atoms with Crippen LogP contribution in [0.15, 0.2) is 24.5 Å². The molecule has 0 radical (unpaired) electrons. The minimum absolute atomic E-state index is 0.0511. The lowest BCUT2D eigenvalue weighted by Gasteiger charge is -2.26. The first-order valence-corrected chi connectivity index (χ1v) is 10.1. The highest BCUT2D eigenvalue weighted by Gasteiger charge is 2.44. The number of benzene rings is 1. The van der Waals surface area contributed by atoms with Gasteiger partial charge >= 0.3 is 6.18 Å². The Bertz CT molecular complexity index is 1150. The minimum atomic E-state index is -4.50. The SMILES string of the molecule is OCC1OC1N1CCc2[nH]c3c(Cl)c(Cl)cc(-c4cncc(C(F)(F)F)c4)c3c2C1. The van der Waals surface area contributed by atoms with Gasteiger partial charge in [0.05, 0.1) is 27.7 Å². The number of aliphatic hydroxyl groups is 1. The molecule has 0 amide bonds. The predicted octanol–water partition coefficient (Wildman–Crippen LogP) is 4.63. The maximum atomic E-state index is 13.2. The zero-order chi connectivity index (χ0) is 21.2. The number of hydrogen-bond acceptors (Lipinski definition) is 4. The van der Waals surface area contributed by atoms with Crippen molar-refractivity contribution in [3.05, 3.63) is 51.4 Å². The molecular formula is C20H16Cl2F3N3O2. The van der Waals surface area contributed by atoms with Crippen molar-refractivity contribution in [2.45, 2.75) is 31.5 Å². The number of aliphatic hydroxyl groups excluding tert-OH is 1. The zero-order valence-corrected chi connectivity index (χ0v) is 16.9. The molecule has 0 saturated carbocycles. The fourth-order valence-corrected chi connectivity index (χ4v) is 4.53. The number of aromatic nitrogens is 2. The van der Waals surface area contributed by atoms with Crippen molar-refractivity contribution in [2.75, 3.05) is 13.2 Å². The highest BCUT2D eigenvalue weighted by Crippen LogP contribution is 2.44. The molecule has 1 fully saturated rings. The summed E-state index contributed by atoms with van der Waals surface area (Å²) >= 11 is 12.7. The Morgan fingerprint density at radius 2 is 2.07 bits per heavy atom. The quantitative estimate of drug-likeness (QED) is 0.562. The molecule has 30 heavy (non-hydrogen) atoms. The summed E-state index contributed by atoms with van der Waals surface area (Å²) in [7, 11) is 0. The van der Waals surface area contributed by atoms with Gasteiger partial charge in [0.25, 0.3) is 0 Å². The van der Waals surface area contributed by atoms with Gasteiger partial charge in [-0.15, -0.1) is 0 Å². The summed E-state index contributed by atoms with van der Waals surface area (Å²) in [6, 6.07) is 2.65. The van der Waals surface area contributed by atoms with E-state index >= 15 is 0 Å². The van der Waals surface area contributed by atoms with Crippen LogP contribution in [0, 0.1) is 0 Å². The highest BCUT2D eigenvalue weighted by molar-refractivity contribution is 6.45. The number of halogens is 5. The fourth-order valence-electron chi connectivity index (χ4n) is 4.13. The van der Waals surface area contributed by atoms with Crippen LogP contribution in [0.2, 0.25) is 10.0 Å². The van der Waals surface area contributed by atoms with E-state index in [4.69, 9.17) is 27.9 Å². The molecule has 2 unspecified atom stereocenters. The third kappa shape index (κ3) is 3.27. The van der Waals surface area contributed by atoms with Gasteiger partial charge in [-0.25, -0.2) is 0 Å². The second kappa shape index (κ2) is 7.10. The van der Waals surface area contributed by atoms with Gasteiger partial charge in [0.15, 0.2) is 0 Å². The molecular weight excluding hydrogens is 442 g/mol. The molecule has 5 rings (SSSR count). The van der Waals surface area contributed by atoms with Crippen molar-refractivity contribution in [2.24, 2.45) is 0 Å². The van der Waals surface area contributed by atoms with Crippen LogP contribution in [0.1, 0.15) is 16.8 Å². The van der Waals surface area contributed by atoms with Gasteiger partial charge in [-0.1, -0.05) is 23.2 Å². The molecule has 4 heterocycles. The molecule has 3 aromatic rings. The number of epoxide rings is 1. The number of pyridine rings is 1. The minimum Gasteiger partial charge on any atom is -0.394 e. The number of rotatable bonds is 3. The Labute approximate surface area is 179 Å². The van der Waals surface area contributed by atoms with Crippen LogP contribution in [0.3, 0.4) is 0 Å². The van der Waals surface area contributed by atoms with E-state index in [0.29, 0.717) is 34.6 Å². The highest BCUT2D eigenvalue weighted by atomic mass is 35.5. The van der Waals surface area contributed by atoms with E-state index in [0.717, 1.165) is 35.5 Å². The number of alkyl halides is 3. The lowest BCUT2D eigenvalue weighted by atomic mass is 9.96. The molecule has 0 aliphatic carbocycles. The average molecular weight is 458 g/mol. The fraction of sp³-hybridized carbons (Fsp3) is 0.350. The number of ether oxygens (including phenoxy) is 1. The third-order valence-corrected chi connectivity index (χ3v) is 6.43. The zero-order valence-electron chi connectivity index (χ0n) is 15.4. The Morgan fingerprint density at radius 1 is 1.27 bits per heavy atom. The topological polar surface area (TPSA) is 64.7 Å². The first kappa shape index (κ1) is 20.1. The number of hydrogen-bond donors (Lipinski definition) is 2. The number of nitrogens with one attached hydrogen (secondary N) is 1. The van der Waals surface area contributed by atoms with Gasteiger partial charge in [0.1, 0.15) is 12.3 Å². The van der Waals surface area contributed by atoms with Gasteiger partial charge in [0.2, 0.25) is 0 Å². The van der Waals surface area contributed by atoms with Crippen molar-refractivity contribution in [1.82, 2.24) is 14.9 Å². The molecule has 158 valence electrons. The van der Waals surface area contributed by atoms with Crippen molar-refractivity contribution >= 4 is 34.1 Å². The molecule has 0 bridgehead atoms. The summed E-state index contributed by atoms with van der Waals surface area (Å²) in [5, 5.41) is 10.6. The second-order valence-electron chi connectivity index (χ2n) is 7.48. The monoisotopic (exact) mass is 457 g/mol. The maximum Gasteiger partial charge on any atom is 0.417 e. The molecule has 10 heteroatoms. The Morgan fingerprint density at radius 3 is 2.77 bits per heavy atom. The maximum absolute atomic E-state index is 13.2. The van der Waals surface area contributed by atoms with E-state index in [9.17, 15) is 18.3 Å². The first-order valence-electron chi connectivity index (χ1n) is 9.32. The van der Waals surface area contributed by atoms with Gasteiger partial charge in [-0.05, 0) is 23.3 Å². The van der Waals surface area contributed by atoms with Crippen LogP contribution in [-0.4, -0.2) is 45.5 Å². The van der Waals surface area contributed by atoms with Gasteiger partial charge < -0.3 is 14.8 Å². The van der Waals surface area contributed by atoms with Crippen molar-refractivity contribution < 1.29 is 23.0 Å². The van der Waals surface area contributed by atoms with E-state index in [1.165, 1.54) is 6.20 Å².